The molecule has 2 N–H and O–H groups in total. The normalized spacial score (nSPS) is 22.8. The second kappa shape index (κ2) is 6.57. The third-order valence-electron chi connectivity index (χ3n) is 4.33. The van der Waals surface area contributed by atoms with Crippen molar-refractivity contribution in [3.8, 4) is 0 Å². The molecule has 0 aromatic rings. The fourth-order valence-electron chi connectivity index (χ4n) is 2.78. The van der Waals surface area contributed by atoms with Gasteiger partial charge in [0.2, 0.25) is 5.91 Å². The van der Waals surface area contributed by atoms with E-state index in [2.05, 4.69) is 10.6 Å². The van der Waals surface area contributed by atoms with Crippen LogP contribution < -0.4 is 10.6 Å². The summed E-state index contributed by atoms with van der Waals surface area (Å²) in [5.41, 5.74) is -0.767. The number of carbonyl (C=O) groups excluding carboxylic acids is 2. The van der Waals surface area contributed by atoms with Crippen LogP contribution in [0.3, 0.4) is 0 Å². The van der Waals surface area contributed by atoms with Crippen LogP contribution in [0.15, 0.2) is 0 Å². The highest BCUT2D eigenvalue weighted by Gasteiger charge is 2.44. The fraction of sp³-hybridized carbons (Fsp3) is 0.846. The number of rotatable bonds is 4. The second-order valence-electron chi connectivity index (χ2n) is 5.48. The number of hydrogen-bond acceptors (Lipinski definition) is 4. The lowest BCUT2D eigenvalue weighted by atomic mass is 9.87. The number of carbonyl (C=O) groups is 2. The molecular formula is C13H23ClN2O3. The van der Waals surface area contributed by atoms with E-state index in [1.807, 2.05) is 6.92 Å². The molecule has 2 aliphatic rings. The summed E-state index contributed by atoms with van der Waals surface area (Å²) in [6.45, 7) is 3.71. The molecular weight excluding hydrogens is 268 g/mol. The second-order valence-corrected chi connectivity index (χ2v) is 5.48. The van der Waals surface area contributed by atoms with Gasteiger partial charge < -0.3 is 15.4 Å². The zero-order chi connectivity index (χ0) is 13.2. The molecule has 1 amide bonds. The highest BCUT2D eigenvalue weighted by Crippen LogP contribution is 2.31. The molecule has 1 saturated heterocycles. The van der Waals surface area contributed by atoms with Crippen LogP contribution in [-0.4, -0.2) is 37.6 Å². The molecule has 0 aromatic carbocycles. The number of amides is 1. The molecule has 0 bridgehead atoms. The molecule has 1 atom stereocenters. The summed E-state index contributed by atoms with van der Waals surface area (Å²) < 4.78 is 4.85. The summed E-state index contributed by atoms with van der Waals surface area (Å²) in [5.74, 6) is 0.0237. The summed E-state index contributed by atoms with van der Waals surface area (Å²) in [4.78, 5) is 24.1. The van der Waals surface area contributed by atoms with E-state index in [4.69, 9.17) is 4.74 Å². The smallest absolute Gasteiger partial charge is 0.331 e. The van der Waals surface area contributed by atoms with Crippen LogP contribution >= 0.6 is 12.4 Å². The summed E-state index contributed by atoms with van der Waals surface area (Å²) in [6, 6.07) is 0. The standard InChI is InChI=1S/C13H22N2O3.ClH/c1-9(10-7-14-8-10)11(16)15-13(12(17)18-2)5-3-4-6-13;/h9-10,14H,3-8H2,1-2H3,(H,15,16);1H. The maximum atomic E-state index is 12.2. The molecule has 5 nitrogen and oxygen atoms in total. The van der Waals surface area contributed by atoms with Gasteiger partial charge in [0.15, 0.2) is 0 Å². The molecule has 110 valence electrons. The Morgan fingerprint density at radius 1 is 1.32 bits per heavy atom. The molecule has 1 unspecified atom stereocenters. The predicted octanol–water partition coefficient (Wildman–Crippen LogP) is 0.866. The van der Waals surface area contributed by atoms with Gasteiger partial charge in [-0.3, -0.25) is 4.79 Å². The average molecular weight is 291 g/mol. The van der Waals surface area contributed by atoms with Crippen LogP contribution in [0.2, 0.25) is 0 Å². The maximum absolute atomic E-state index is 12.2. The molecule has 1 heterocycles. The van der Waals surface area contributed by atoms with Gasteiger partial charge in [0.05, 0.1) is 7.11 Å². The van der Waals surface area contributed by atoms with E-state index in [1.165, 1.54) is 7.11 Å². The van der Waals surface area contributed by atoms with Crippen LogP contribution in [0.25, 0.3) is 0 Å². The molecule has 0 radical (unpaired) electrons. The molecule has 1 saturated carbocycles. The minimum absolute atomic E-state index is 0. The van der Waals surface area contributed by atoms with Gasteiger partial charge >= 0.3 is 5.97 Å². The number of nitrogens with one attached hydrogen (secondary N) is 2. The Labute approximate surface area is 120 Å². The van der Waals surface area contributed by atoms with Crippen molar-refractivity contribution in [3.63, 3.8) is 0 Å². The van der Waals surface area contributed by atoms with E-state index >= 15 is 0 Å². The highest BCUT2D eigenvalue weighted by molar-refractivity contribution is 5.89. The van der Waals surface area contributed by atoms with Crippen molar-refractivity contribution in [2.75, 3.05) is 20.2 Å². The predicted molar refractivity (Wildman–Crippen MR) is 74.1 cm³/mol. The number of esters is 1. The molecule has 19 heavy (non-hydrogen) atoms. The van der Waals surface area contributed by atoms with Crippen LogP contribution in [0.4, 0.5) is 0 Å². The zero-order valence-electron chi connectivity index (χ0n) is 11.5. The van der Waals surface area contributed by atoms with Gasteiger partial charge in [0.1, 0.15) is 5.54 Å². The van der Waals surface area contributed by atoms with E-state index in [0.717, 1.165) is 25.9 Å². The topological polar surface area (TPSA) is 67.4 Å². The third kappa shape index (κ3) is 3.20. The molecule has 1 aliphatic carbocycles. The Morgan fingerprint density at radius 3 is 2.32 bits per heavy atom. The van der Waals surface area contributed by atoms with Gasteiger partial charge in [-0.05, 0) is 31.8 Å². The van der Waals surface area contributed by atoms with Crippen molar-refractivity contribution in [2.24, 2.45) is 11.8 Å². The van der Waals surface area contributed by atoms with Crippen molar-refractivity contribution >= 4 is 24.3 Å². The molecule has 6 heteroatoms. The Balaban J connectivity index is 0.00000180. The average Bonchev–Trinajstić information content (AvgIpc) is 2.75. The first kappa shape index (κ1) is 16.2. The zero-order valence-corrected chi connectivity index (χ0v) is 12.3. The van der Waals surface area contributed by atoms with Crippen molar-refractivity contribution in [1.29, 1.82) is 0 Å². The van der Waals surface area contributed by atoms with Crippen molar-refractivity contribution in [2.45, 2.75) is 38.1 Å². The highest BCUT2D eigenvalue weighted by atomic mass is 35.5. The quantitative estimate of drug-likeness (QED) is 0.754. The van der Waals surface area contributed by atoms with Gasteiger partial charge in [-0.15, -0.1) is 12.4 Å². The van der Waals surface area contributed by atoms with Crippen LogP contribution in [0.5, 0.6) is 0 Å². The van der Waals surface area contributed by atoms with Gasteiger partial charge in [0.25, 0.3) is 0 Å². The van der Waals surface area contributed by atoms with Crippen LogP contribution in [0.1, 0.15) is 32.6 Å². The minimum Gasteiger partial charge on any atom is -0.467 e. The van der Waals surface area contributed by atoms with Crippen molar-refractivity contribution < 1.29 is 14.3 Å². The molecule has 2 rings (SSSR count). The van der Waals surface area contributed by atoms with Gasteiger partial charge in [0, 0.05) is 5.92 Å². The van der Waals surface area contributed by atoms with E-state index in [0.29, 0.717) is 18.8 Å². The van der Waals surface area contributed by atoms with Crippen molar-refractivity contribution in [1.82, 2.24) is 10.6 Å². The van der Waals surface area contributed by atoms with E-state index in [1.54, 1.807) is 0 Å². The number of methoxy groups -OCH3 is 1. The van der Waals surface area contributed by atoms with Crippen LogP contribution in [0, 0.1) is 11.8 Å². The molecule has 0 spiro atoms. The van der Waals surface area contributed by atoms with E-state index < -0.39 is 5.54 Å². The number of ether oxygens (including phenoxy) is 1. The molecule has 2 fully saturated rings. The minimum atomic E-state index is -0.767. The first-order valence-corrected chi connectivity index (χ1v) is 6.70. The molecule has 1 aliphatic heterocycles. The number of hydrogen-bond donors (Lipinski definition) is 2. The first-order valence-electron chi connectivity index (χ1n) is 6.70. The monoisotopic (exact) mass is 290 g/mol. The van der Waals surface area contributed by atoms with Gasteiger partial charge in [-0.1, -0.05) is 19.8 Å². The Hall–Kier alpha value is -0.810. The van der Waals surface area contributed by atoms with E-state index in [-0.39, 0.29) is 30.2 Å². The maximum Gasteiger partial charge on any atom is 0.331 e. The Morgan fingerprint density at radius 2 is 1.89 bits per heavy atom. The summed E-state index contributed by atoms with van der Waals surface area (Å²) in [6.07, 6.45) is 3.32. The summed E-state index contributed by atoms with van der Waals surface area (Å²) in [5, 5.41) is 6.11. The SMILES string of the molecule is COC(=O)C1(NC(=O)C(C)C2CNC2)CCCC1.Cl. The Kier molecular flexibility index (Phi) is 5.62. The largest absolute Gasteiger partial charge is 0.467 e. The lowest BCUT2D eigenvalue weighted by Crippen LogP contribution is -2.57. The summed E-state index contributed by atoms with van der Waals surface area (Å²) in [7, 11) is 1.38. The van der Waals surface area contributed by atoms with E-state index in [9.17, 15) is 9.59 Å². The summed E-state index contributed by atoms with van der Waals surface area (Å²) >= 11 is 0. The number of halogens is 1. The molecule has 0 aromatic heterocycles. The first-order chi connectivity index (χ1) is 8.59. The lowest BCUT2D eigenvalue weighted by molar-refractivity contribution is -0.151. The third-order valence-corrected chi connectivity index (χ3v) is 4.33. The fourth-order valence-corrected chi connectivity index (χ4v) is 2.78. The van der Waals surface area contributed by atoms with Crippen molar-refractivity contribution in [3.05, 3.63) is 0 Å². The van der Waals surface area contributed by atoms with Gasteiger partial charge in [-0.25, -0.2) is 4.79 Å². The van der Waals surface area contributed by atoms with Gasteiger partial charge in [-0.2, -0.15) is 0 Å². The van der Waals surface area contributed by atoms with Crippen LogP contribution in [-0.2, 0) is 14.3 Å². The Bertz CT molecular complexity index is 339. The lowest BCUT2D eigenvalue weighted by Gasteiger charge is -2.34.